The van der Waals surface area contributed by atoms with Gasteiger partial charge in [-0.2, -0.15) is 0 Å². The fourth-order valence-electron chi connectivity index (χ4n) is 1.37. The summed E-state index contributed by atoms with van der Waals surface area (Å²) < 4.78 is 58.3. The molecule has 1 aromatic rings. The third-order valence-corrected chi connectivity index (χ3v) is 2.32. The Hall–Kier alpha value is -1.57. The third-order valence-electron chi connectivity index (χ3n) is 2.07. The van der Waals surface area contributed by atoms with Crippen LogP contribution in [-0.2, 0) is 21.8 Å². The highest BCUT2D eigenvalue weighted by molar-refractivity contribution is 6.16. The van der Waals surface area contributed by atoms with Crippen LogP contribution < -0.4 is 4.74 Å². The number of esters is 1. The first-order valence-corrected chi connectivity index (χ1v) is 5.96. The second kappa shape index (κ2) is 6.74. The Bertz CT molecular complexity index is 493. The van der Waals surface area contributed by atoms with E-state index in [0.29, 0.717) is 6.07 Å². The fraction of sp³-hybridized carbons (Fsp3) is 0.455. The maximum Gasteiger partial charge on any atom is 0.574 e. The van der Waals surface area contributed by atoms with Gasteiger partial charge in [-0.1, -0.05) is 0 Å². The van der Waals surface area contributed by atoms with Crippen molar-refractivity contribution in [3.63, 3.8) is 0 Å². The van der Waals surface area contributed by atoms with Crippen molar-refractivity contribution in [2.24, 2.45) is 0 Å². The molecule has 0 unspecified atom stereocenters. The molecule has 4 nitrogen and oxygen atoms in total. The van der Waals surface area contributed by atoms with Crippen LogP contribution in [0.15, 0.2) is 6.07 Å². The molecule has 1 heterocycles. The summed E-state index contributed by atoms with van der Waals surface area (Å²) in [5.41, 5.74) is -0.763. The minimum Gasteiger partial charge on any atom is -0.466 e. The summed E-state index contributed by atoms with van der Waals surface area (Å²) in [6.07, 6.45) is -5.52. The van der Waals surface area contributed by atoms with Gasteiger partial charge in [0, 0.05) is 11.6 Å². The van der Waals surface area contributed by atoms with E-state index >= 15 is 0 Å². The van der Waals surface area contributed by atoms with E-state index in [0.717, 1.165) is 0 Å². The quantitative estimate of drug-likeness (QED) is 0.476. The molecule has 1 aromatic heterocycles. The van der Waals surface area contributed by atoms with Crippen LogP contribution in [0.2, 0.25) is 0 Å². The van der Waals surface area contributed by atoms with E-state index in [2.05, 4.69) is 14.5 Å². The van der Waals surface area contributed by atoms with Gasteiger partial charge in [-0.05, 0) is 6.92 Å². The SMILES string of the molecule is CCOC(=O)Cc1cc(OC(F)(F)F)nc(CCl)c1F. The van der Waals surface area contributed by atoms with Gasteiger partial charge in [0.25, 0.3) is 0 Å². The Labute approximate surface area is 116 Å². The molecule has 0 fully saturated rings. The maximum absolute atomic E-state index is 13.8. The van der Waals surface area contributed by atoms with Crippen molar-refractivity contribution in [3.05, 3.63) is 23.1 Å². The van der Waals surface area contributed by atoms with Crippen LogP contribution in [-0.4, -0.2) is 23.9 Å². The van der Waals surface area contributed by atoms with Crippen LogP contribution >= 0.6 is 11.6 Å². The van der Waals surface area contributed by atoms with Gasteiger partial charge in [-0.3, -0.25) is 4.79 Å². The molecule has 20 heavy (non-hydrogen) atoms. The number of carbonyl (C=O) groups excluding carboxylic acids is 1. The molecule has 0 amide bonds. The lowest BCUT2D eigenvalue weighted by atomic mass is 10.1. The third kappa shape index (κ3) is 4.84. The summed E-state index contributed by atoms with van der Waals surface area (Å²) in [5, 5.41) is 0. The highest BCUT2D eigenvalue weighted by Crippen LogP contribution is 2.25. The van der Waals surface area contributed by atoms with Crippen molar-refractivity contribution in [2.75, 3.05) is 6.61 Å². The van der Waals surface area contributed by atoms with Crippen LogP contribution in [0.5, 0.6) is 5.88 Å². The Morgan fingerprint density at radius 1 is 1.45 bits per heavy atom. The monoisotopic (exact) mass is 315 g/mol. The molecule has 0 bridgehead atoms. The number of pyridine rings is 1. The van der Waals surface area contributed by atoms with Crippen molar-refractivity contribution in [3.8, 4) is 5.88 Å². The van der Waals surface area contributed by atoms with Gasteiger partial charge in [-0.25, -0.2) is 9.37 Å². The van der Waals surface area contributed by atoms with Crippen molar-refractivity contribution in [1.82, 2.24) is 4.98 Å². The number of hydrogen-bond donors (Lipinski definition) is 0. The molecule has 9 heteroatoms. The maximum atomic E-state index is 13.8. The van der Waals surface area contributed by atoms with Gasteiger partial charge in [0.15, 0.2) is 0 Å². The summed E-state index contributed by atoms with van der Waals surface area (Å²) in [7, 11) is 0. The summed E-state index contributed by atoms with van der Waals surface area (Å²) in [6.45, 7) is 1.61. The van der Waals surface area contributed by atoms with Crippen molar-refractivity contribution in [1.29, 1.82) is 0 Å². The number of carbonyl (C=O) groups is 1. The number of halogens is 5. The predicted octanol–water partition coefficient (Wildman–Crippen LogP) is 2.96. The number of nitrogens with zero attached hydrogens (tertiary/aromatic N) is 1. The van der Waals surface area contributed by atoms with Crippen LogP contribution in [0.4, 0.5) is 17.6 Å². The van der Waals surface area contributed by atoms with Crippen LogP contribution in [0.3, 0.4) is 0 Å². The second-order valence-electron chi connectivity index (χ2n) is 3.54. The molecule has 0 N–H and O–H groups in total. The Kier molecular flexibility index (Phi) is 5.55. The lowest BCUT2D eigenvalue weighted by molar-refractivity contribution is -0.276. The van der Waals surface area contributed by atoms with Gasteiger partial charge in [0.2, 0.25) is 5.88 Å². The van der Waals surface area contributed by atoms with Gasteiger partial charge in [-0.15, -0.1) is 24.8 Å². The normalized spacial score (nSPS) is 11.3. The first-order valence-electron chi connectivity index (χ1n) is 5.42. The average Bonchev–Trinajstić information content (AvgIpc) is 2.31. The van der Waals surface area contributed by atoms with E-state index in [1.807, 2.05) is 0 Å². The molecule has 0 spiro atoms. The summed E-state index contributed by atoms with van der Waals surface area (Å²) in [6, 6.07) is 0.690. The first-order chi connectivity index (χ1) is 9.26. The van der Waals surface area contributed by atoms with E-state index in [9.17, 15) is 22.4 Å². The molecule has 0 aliphatic rings. The molecule has 0 radical (unpaired) electrons. The lowest BCUT2D eigenvalue weighted by Gasteiger charge is -2.12. The molecule has 0 atom stereocenters. The summed E-state index contributed by atoms with van der Waals surface area (Å²) in [5.74, 6) is -3.08. The zero-order valence-electron chi connectivity index (χ0n) is 10.3. The number of ether oxygens (including phenoxy) is 2. The highest BCUT2D eigenvalue weighted by atomic mass is 35.5. The standard InChI is InChI=1S/C11H10ClF4NO3/c1-2-19-9(18)4-6-3-8(20-11(14,15)16)17-7(5-12)10(6)13/h3H,2,4-5H2,1H3. The second-order valence-corrected chi connectivity index (χ2v) is 3.81. The number of hydrogen-bond acceptors (Lipinski definition) is 4. The van der Waals surface area contributed by atoms with Gasteiger partial charge < -0.3 is 9.47 Å². The summed E-state index contributed by atoms with van der Waals surface area (Å²) >= 11 is 5.39. The molecule has 0 aliphatic heterocycles. The summed E-state index contributed by atoms with van der Waals surface area (Å²) in [4.78, 5) is 14.5. The van der Waals surface area contributed by atoms with E-state index in [1.54, 1.807) is 6.92 Å². The van der Waals surface area contributed by atoms with E-state index in [-0.39, 0.29) is 12.2 Å². The van der Waals surface area contributed by atoms with Crippen molar-refractivity contribution in [2.45, 2.75) is 25.6 Å². The fourth-order valence-corrected chi connectivity index (χ4v) is 1.54. The van der Waals surface area contributed by atoms with Crippen LogP contribution in [0.1, 0.15) is 18.2 Å². The number of aromatic nitrogens is 1. The molecule has 112 valence electrons. The highest BCUT2D eigenvalue weighted by Gasteiger charge is 2.32. The minimum atomic E-state index is -4.98. The first kappa shape index (κ1) is 16.5. The van der Waals surface area contributed by atoms with E-state index in [1.165, 1.54) is 0 Å². The van der Waals surface area contributed by atoms with Crippen molar-refractivity contribution >= 4 is 17.6 Å². The molecule has 0 saturated heterocycles. The van der Waals surface area contributed by atoms with Crippen LogP contribution in [0, 0.1) is 5.82 Å². The zero-order valence-corrected chi connectivity index (χ0v) is 11.0. The van der Waals surface area contributed by atoms with E-state index in [4.69, 9.17) is 11.6 Å². The lowest BCUT2D eigenvalue weighted by Crippen LogP contribution is -2.19. The Morgan fingerprint density at radius 3 is 2.60 bits per heavy atom. The van der Waals surface area contributed by atoms with Crippen molar-refractivity contribution < 1.29 is 31.8 Å². The minimum absolute atomic E-state index is 0.0693. The zero-order chi connectivity index (χ0) is 15.3. The Morgan fingerprint density at radius 2 is 2.10 bits per heavy atom. The number of alkyl halides is 4. The average molecular weight is 316 g/mol. The van der Waals surface area contributed by atoms with Gasteiger partial charge in [0.1, 0.15) is 5.82 Å². The topological polar surface area (TPSA) is 48.4 Å². The molecule has 0 saturated carbocycles. The van der Waals surface area contributed by atoms with Gasteiger partial charge >= 0.3 is 12.3 Å². The molecular weight excluding hydrogens is 306 g/mol. The molecule has 1 rings (SSSR count). The van der Waals surface area contributed by atoms with Crippen LogP contribution in [0.25, 0.3) is 0 Å². The molecular formula is C11H10ClF4NO3. The Balaban J connectivity index is 3.08. The smallest absolute Gasteiger partial charge is 0.466 e. The molecule has 0 aromatic carbocycles. The number of rotatable bonds is 5. The predicted molar refractivity (Wildman–Crippen MR) is 60.8 cm³/mol. The van der Waals surface area contributed by atoms with E-state index < -0.39 is 42.0 Å². The molecule has 0 aliphatic carbocycles. The van der Waals surface area contributed by atoms with Gasteiger partial charge in [0.05, 0.1) is 24.6 Å². The largest absolute Gasteiger partial charge is 0.574 e.